The van der Waals surface area contributed by atoms with Crippen LogP contribution in [0.4, 0.5) is 0 Å². The Morgan fingerprint density at radius 1 is 0.440 bits per heavy atom. The predicted molar refractivity (Wildman–Crippen MR) is 218 cm³/mol. The van der Waals surface area contributed by atoms with Crippen LogP contribution in [0.5, 0.6) is 0 Å². The first-order valence-electron chi connectivity index (χ1n) is 22.3. The number of rotatable bonds is 41. The highest BCUT2D eigenvalue weighted by atomic mass is 16.5. The number of hydrogen-bond acceptors (Lipinski definition) is 3. The van der Waals surface area contributed by atoms with Gasteiger partial charge in [0.25, 0.3) is 0 Å². The fourth-order valence-corrected chi connectivity index (χ4v) is 6.86. The maximum Gasteiger partial charge on any atom is 0.306 e. The maximum absolute atomic E-state index is 12.8. The third-order valence-corrected chi connectivity index (χ3v) is 10.2. The fourth-order valence-electron chi connectivity index (χ4n) is 6.86. The number of carboxylic acid groups (broad SMARTS) is 1. The van der Waals surface area contributed by atoms with Crippen molar-refractivity contribution in [1.82, 2.24) is 0 Å². The SMILES string of the molecule is CCCCC/C=C\C/C=C\CCCCCCCCCCCC(=O)OC(CCCCCCCCCCCC)CCCCCCCCCCC(=O)O. The zero-order valence-corrected chi connectivity index (χ0v) is 33.7. The topological polar surface area (TPSA) is 63.6 Å². The zero-order valence-electron chi connectivity index (χ0n) is 33.7. The Bertz CT molecular complexity index is 757. The first-order chi connectivity index (χ1) is 24.6. The van der Waals surface area contributed by atoms with E-state index < -0.39 is 5.97 Å². The van der Waals surface area contributed by atoms with Gasteiger partial charge in [-0.1, -0.05) is 192 Å². The van der Waals surface area contributed by atoms with Gasteiger partial charge in [0.15, 0.2) is 0 Å². The summed E-state index contributed by atoms with van der Waals surface area (Å²) in [6, 6.07) is 0. The number of aliphatic carboxylic acids is 1. The molecule has 4 heteroatoms. The number of ether oxygens (including phenoxy) is 1. The van der Waals surface area contributed by atoms with E-state index in [0.29, 0.717) is 12.8 Å². The summed E-state index contributed by atoms with van der Waals surface area (Å²) in [5.74, 6) is -0.652. The summed E-state index contributed by atoms with van der Waals surface area (Å²) in [6.07, 6.45) is 53.6. The molecule has 0 aromatic heterocycles. The molecular weight excluding hydrogens is 617 g/mol. The molecule has 294 valence electrons. The van der Waals surface area contributed by atoms with E-state index in [4.69, 9.17) is 9.84 Å². The molecule has 0 radical (unpaired) electrons. The van der Waals surface area contributed by atoms with Gasteiger partial charge < -0.3 is 9.84 Å². The number of carboxylic acids is 1. The summed E-state index contributed by atoms with van der Waals surface area (Å²) in [5, 5.41) is 8.77. The number of allylic oxidation sites excluding steroid dienone is 4. The molecule has 4 nitrogen and oxygen atoms in total. The first-order valence-corrected chi connectivity index (χ1v) is 22.3. The Balaban J connectivity index is 4.00. The Hall–Kier alpha value is -1.58. The van der Waals surface area contributed by atoms with Crippen molar-refractivity contribution in [3.63, 3.8) is 0 Å². The van der Waals surface area contributed by atoms with Gasteiger partial charge in [-0.15, -0.1) is 0 Å². The van der Waals surface area contributed by atoms with E-state index in [-0.39, 0.29) is 12.1 Å². The number of unbranched alkanes of at least 4 members (excludes halogenated alkanes) is 28. The molecule has 1 atom stereocenters. The summed E-state index contributed by atoms with van der Waals surface area (Å²) in [5.41, 5.74) is 0. The Morgan fingerprint density at radius 2 is 0.780 bits per heavy atom. The van der Waals surface area contributed by atoms with Gasteiger partial charge in [0, 0.05) is 12.8 Å². The second-order valence-corrected chi connectivity index (χ2v) is 15.2. The molecule has 0 bridgehead atoms. The van der Waals surface area contributed by atoms with Gasteiger partial charge >= 0.3 is 11.9 Å². The van der Waals surface area contributed by atoms with Crippen molar-refractivity contribution in [1.29, 1.82) is 0 Å². The minimum atomic E-state index is -0.680. The van der Waals surface area contributed by atoms with Crippen LogP contribution in [0.1, 0.15) is 251 Å². The molecule has 0 heterocycles. The van der Waals surface area contributed by atoms with Gasteiger partial charge in [0.05, 0.1) is 0 Å². The van der Waals surface area contributed by atoms with Crippen LogP contribution in [0.3, 0.4) is 0 Å². The molecule has 0 aromatic rings. The number of hydrogen-bond donors (Lipinski definition) is 1. The van der Waals surface area contributed by atoms with E-state index in [1.165, 1.54) is 167 Å². The van der Waals surface area contributed by atoms with E-state index in [2.05, 4.69) is 38.2 Å². The standard InChI is InChI=1S/C46H86O4/c1-3-5-7-9-11-13-15-16-17-18-19-20-21-22-23-25-31-35-39-43-46(49)50-44(40-36-32-28-24-14-12-10-8-6-4-2)41-37-33-29-26-27-30-34-38-42-45(47)48/h11,13,16-17,44H,3-10,12,14-15,18-43H2,1-2H3,(H,47,48)/b13-11-,17-16-. The fraction of sp³-hybridized carbons (Fsp3) is 0.870. The van der Waals surface area contributed by atoms with Crippen molar-refractivity contribution >= 4 is 11.9 Å². The predicted octanol–water partition coefficient (Wildman–Crippen LogP) is 15.6. The van der Waals surface area contributed by atoms with Crippen molar-refractivity contribution in [2.45, 2.75) is 258 Å². The number of carbonyl (C=O) groups is 2. The van der Waals surface area contributed by atoms with Crippen LogP contribution in [0.15, 0.2) is 24.3 Å². The van der Waals surface area contributed by atoms with Crippen LogP contribution in [-0.4, -0.2) is 23.1 Å². The smallest absolute Gasteiger partial charge is 0.306 e. The van der Waals surface area contributed by atoms with Crippen LogP contribution in [0.2, 0.25) is 0 Å². The maximum atomic E-state index is 12.8. The van der Waals surface area contributed by atoms with Gasteiger partial charge in [0.2, 0.25) is 0 Å². The molecule has 0 aliphatic heterocycles. The lowest BCUT2D eigenvalue weighted by Gasteiger charge is -2.18. The van der Waals surface area contributed by atoms with Crippen LogP contribution >= 0.6 is 0 Å². The second kappa shape index (κ2) is 41.8. The van der Waals surface area contributed by atoms with Crippen molar-refractivity contribution in [2.75, 3.05) is 0 Å². The highest BCUT2D eigenvalue weighted by Gasteiger charge is 2.14. The zero-order chi connectivity index (χ0) is 36.4. The van der Waals surface area contributed by atoms with E-state index in [9.17, 15) is 9.59 Å². The third-order valence-electron chi connectivity index (χ3n) is 10.2. The second-order valence-electron chi connectivity index (χ2n) is 15.2. The van der Waals surface area contributed by atoms with E-state index in [0.717, 1.165) is 57.8 Å². The summed E-state index contributed by atoms with van der Waals surface area (Å²) in [6.45, 7) is 4.54. The Kier molecular flexibility index (Phi) is 40.5. The first kappa shape index (κ1) is 48.4. The van der Waals surface area contributed by atoms with E-state index in [1.54, 1.807) is 0 Å². The average Bonchev–Trinajstić information content (AvgIpc) is 3.10. The Labute approximate surface area is 312 Å². The molecule has 0 amide bonds. The van der Waals surface area contributed by atoms with Gasteiger partial charge in [-0.2, -0.15) is 0 Å². The van der Waals surface area contributed by atoms with Crippen LogP contribution in [0.25, 0.3) is 0 Å². The molecule has 0 saturated heterocycles. The quantitative estimate of drug-likeness (QED) is 0.0391. The molecule has 0 aliphatic rings. The summed E-state index contributed by atoms with van der Waals surface area (Å²) in [4.78, 5) is 23.4. The molecule has 0 saturated carbocycles. The van der Waals surface area contributed by atoms with Crippen molar-refractivity contribution < 1.29 is 19.4 Å². The number of esters is 1. The van der Waals surface area contributed by atoms with Crippen molar-refractivity contribution in [2.24, 2.45) is 0 Å². The van der Waals surface area contributed by atoms with Crippen molar-refractivity contribution in [3.8, 4) is 0 Å². The minimum Gasteiger partial charge on any atom is -0.481 e. The minimum absolute atomic E-state index is 0.0282. The Morgan fingerprint density at radius 3 is 1.22 bits per heavy atom. The summed E-state index contributed by atoms with van der Waals surface area (Å²) < 4.78 is 6.07. The lowest BCUT2D eigenvalue weighted by Crippen LogP contribution is -2.18. The normalized spacial score (nSPS) is 12.4. The molecule has 0 rings (SSSR count). The molecule has 1 unspecified atom stereocenters. The lowest BCUT2D eigenvalue weighted by atomic mass is 10.0. The van der Waals surface area contributed by atoms with Crippen LogP contribution in [0, 0.1) is 0 Å². The van der Waals surface area contributed by atoms with Gasteiger partial charge in [0.1, 0.15) is 6.10 Å². The number of carbonyl (C=O) groups excluding carboxylic acids is 1. The van der Waals surface area contributed by atoms with Gasteiger partial charge in [-0.3, -0.25) is 9.59 Å². The highest BCUT2D eigenvalue weighted by Crippen LogP contribution is 2.19. The van der Waals surface area contributed by atoms with Crippen molar-refractivity contribution in [3.05, 3.63) is 24.3 Å². The van der Waals surface area contributed by atoms with Gasteiger partial charge in [-0.25, -0.2) is 0 Å². The molecule has 1 N–H and O–H groups in total. The largest absolute Gasteiger partial charge is 0.481 e. The van der Waals surface area contributed by atoms with Crippen LogP contribution < -0.4 is 0 Å². The highest BCUT2D eigenvalue weighted by molar-refractivity contribution is 5.69. The lowest BCUT2D eigenvalue weighted by molar-refractivity contribution is -0.150. The van der Waals surface area contributed by atoms with Crippen LogP contribution in [-0.2, 0) is 14.3 Å². The van der Waals surface area contributed by atoms with E-state index >= 15 is 0 Å². The average molecular weight is 703 g/mol. The molecule has 0 fully saturated rings. The van der Waals surface area contributed by atoms with Gasteiger partial charge in [-0.05, 0) is 70.6 Å². The molecule has 0 aromatic carbocycles. The molecule has 50 heavy (non-hydrogen) atoms. The monoisotopic (exact) mass is 703 g/mol. The summed E-state index contributed by atoms with van der Waals surface area (Å²) in [7, 11) is 0. The molecule has 0 aliphatic carbocycles. The third kappa shape index (κ3) is 40.8. The molecule has 0 spiro atoms. The van der Waals surface area contributed by atoms with E-state index in [1.807, 2.05) is 0 Å². The summed E-state index contributed by atoms with van der Waals surface area (Å²) >= 11 is 0. The molecular formula is C46H86O4.